The second-order valence-corrected chi connectivity index (χ2v) is 6.58. The van der Waals surface area contributed by atoms with E-state index < -0.39 is 0 Å². The van der Waals surface area contributed by atoms with Crippen molar-refractivity contribution in [3.8, 4) is 0 Å². The number of thioether (sulfide) groups is 1. The van der Waals surface area contributed by atoms with Crippen LogP contribution in [0.3, 0.4) is 0 Å². The van der Waals surface area contributed by atoms with Crippen molar-refractivity contribution in [2.75, 3.05) is 18.9 Å². The second kappa shape index (κ2) is 6.64. The molecular weight excluding hydrogens is 260 g/mol. The molecule has 108 valence electrons. The van der Waals surface area contributed by atoms with Crippen molar-refractivity contribution in [1.82, 2.24) is 5.32 Å². The summed E-state index contributed by atoms with van der Waals surface area (Å²) >= 11 is 1.80. The Kier molecular flexibility index (Phi) is 5.13. The zero-order valence-electron chi connectivity index (χ0n) is 11.9. The summed E-state index contributed by atoms with van der Waals surface area (Å²) in [6.07, 6.45) is 5.49. The SMILES string of the molecule is CCOC(=O)CCN=C1NC2(CCC(C)CC2)CS1. The van der Waals surface area contributed by atoms with Gasteiger partial charge in [0.1, 0.15) is 0 Å². The number of amidine groups is 1. The lowest BCUT2D eigenvalue weighted by molar-refractivity contribution is -0.142. The van der Waals surface area contributed by atoms with Crippen LogP contribution in [0, 0.1) is 5.92 Å². The molecule has 1 heterocycles. The summed E-state index contributed by atoms with van der Waals surface area (Å²) in [5.74, 6) is 1.83. The van der Waals surface area contributed by atoms with E-state index in [9.17, 15) is 4.79 Å². The summed E-state index contributed by atoms with van der Waals surface area (Å²) in [6, 6.07) is 0. The standard InChI is InChI=1S/C14H24N2O2S/c1-3-18-12(17)6-9-15-13-16-14(10-19-13)7-4-11(2)5-8-14/h11H,3-10H2,1-2H3,(H,15,16). The summed E-state index contributed by atoms with van der Waals surface area (Å²) in [5.41, 5.74) is 0.278. The minimum atomic E-state index is -0.156. The summed E-state index contributed by atoms with van der Waals surface area (Å²) < 4.78 is 4.89. The van der Waals surface area contributed by atoms with Crippen LogP contribution in [0.15, 0.2) is 4.99 Å². The molecule has 1 spiro atoms. The normalized spacial score (nSPS) is 32.5. The van der Waals surface area contributed by atoms with Gasteiger partial charge in [0.2, 0.25) is 0 Å². The number of esters is 1. The maximum absolute atomic E-state index is 11.2. The van der Waals surface area contributed by atoms with Gasteiger partial charge in [-0.15, -0.1) is 0 Å². The molecule has 2 aliphatic rings. The first-order valence-electron chi connectivity index (χ1n) is 7.24. The molecule has 1 saturated carbocycles. The molecule has 2 rings (SSSR count). The molecule has 0 aromatic carbocycles. The number of aliphatic imine (C=N–C) groups is 1. The first kappa shape index (κ1) is 14.7. The molecular formula is C14H24N2O2S. The molecule has 5 heteroatoms. The van der Waals surface area contributed by atoms with E-state index in [1.165, 1.54) is 25.7 Å². The van der Waals surface area contributed by atoms with E-state index in [0.29, 0.717) is 19.6 Å². The van der Waals surface area contributed by atoms with Crippen molar-refractivity contribution in [1.29, 1.82) is 0 Å². The van der Waals surface area contributed by atoms with Crippen LogP contribution in [0.5, 0.6) is 0 Å². The van der Waals surface area contributed by atoms with E-state index in [2.05, 4.69) is 17.2 Å². The molecule has 0 aromatic rings. The predicted molar refractivity (Wildman–Crippen MR) is 79.5 cm³/mol. The van der Waals surface area contributed by atoms with Crippen LogP contribution in [0.25, 0.3) is 0 Å². The highest BCUT2D eigenvalue weighted by Gasteiger charge is 2.39. The lowest BCUT2D eigenvalue weighted by atomic mass is 9.78. The first-order chi connectivity index (χ1) is 9.13. The van der Waals surface area contributed by atoms with Crippen molar-refractivity contribution in [2.45, 2.75) is 51.5 Å². The fourth-order valence-electron chi connectivity index (χ4n) is 2.66. The first-order valence-corrected chi connectivity index (χ1v) is 8.23. The highest BCUT2D eigenvalue weighted by Crippen LogP contribution is 2.38. The van der Waals surface area contributed by atoms with Crippen LogP contribution in [0.4, 0.5) is 0 Å². The zero-order chi connectivity index (χ0) is 13.7. The minimum absolute atomic E-state index is 0.156. The molecule has 1 aliphatic heterocycles. The topological polar surface area (TPSA) is 50.7 Å². The Hall–Kier alpha value is -0.710. The van der Waals surface area contributed by atoms with E-state index >= 15 is 0 Å². The van der Waals surface area contributed by atoms with E-state index in [0.717, 1.165) is 16.8 Å². The third-order valence-corrected chi connectivity index (χ3v) is 5.17. The largest absolute Gasteiger partial charge is 0.466 e. The lowest BCUT2D eigenvalue weighted by Gasteiger charge is -2.35. The Bertz CT molecular complexity index is 349. The summed E-state index contributed by atoms with van der Waals surface area (Å²) in [7, 11) is 0. The highest BCUT2D eigenvalue weighted by atomic mass is 32.2. The van der Waals surface area contributed by atoms with Gasteiger partial charge in [0.15, 0.2) is 5.17 Å². The Balaban J connectivity index is 1.76. The van der Waals surface area contributed by atoms with Crippen LogP contribution in [0.2, 0.25) is 0 Å². The fraction of sp³-hybridized carbons (Fsp3) is 0.857. The van der Waals surface area contributed by atoms with Gasteiger partial charge < -0.3 is 10.1 Å². The van der Waals surface area contributed by atoms with Crippen LogP contribution in [-0.2, 0) is 9.53 Å². The predicted octanol–water partition coefficient (Wildman–Crippen LogP) is 2.58. The van der Waals surface area contributed by atoms with Gasteiger partial charge in [-0.25, -0.2) is 0 Å². The molecule has 2 fully saturated rings. The van der Waals surface area contributed by atoms with Crippen molar-refractivity contribution in [3.63, 3.8) is 0 Å². The molecule has 4 nitrogen and oxygen atoms in total. The van der Waals surface area contributed by atoms with Gasteiger partial charge in [-0.3, -0.25) is 9.79 Å². The number of rotatable bonds is 4. The Morgan fingerprint density at radius 1 is 1.53 bits per heavy atom. The van der Waals surface area contributed by atoms with Gasteiger partial charge in [0, 0.05) is 11.3 Å². The lowest BCUT2D eigenvalue weighted by Crippen LogP contribution is -2.46. The van der Waals surface area contributed by atoms with Crippen LogP contribution in [-0.4, -0.2) is 35.6 Å². The molecule has 19 heavy (non-hydrogen) atoms. The highest BCUT2D eigenvalue weighted by molar-refractivity contribution is 8.14. The minimum Gasteiger partial charge on any atom is -0.466 e. The molecule has 0 radical (unpaired) electrons. The van der Waals surface area contributed by atoms with Gasteiger partial charge in [0.25, 0.3) is 0 Å². The molecule has 0 atom stereocenters. The molecule has 1 saturated heterocycles. The van der Waals surface area contributed by atoms with Gasteiger partial charge in [0.05, 0.1) is 19.6 Å². The maximum Gasteiger partial charge on any atom is 0.307 e. The monoisotopic (exact) mass is 284 g/mol. The molecule has 0 aromatic heterocycles. The van der Waals surface area contributed by atoms with Gasteiger partial charge in [-0.05, 0) is 38.5 Å². The third-order valence-electron chi connectivity index (χ3n) is 3.97. The van der Waals surface area contributed by atoms with E-state index in [-0.39, 0.29) is 11.5 Å². The van der Waals surface area contributed by atoms with E-state index in [4.69, 9.17) is 4.74 Å². The van der Waals surface area contributed by atoms with Crippen molar-refractivity contribution < 1.29 is 9.53 Å². The number of hydrogen-bond donors (Lipinski definition) is 1. The fourth-order valence-corrected chi connectivity index (χ4v) is 3.90. The smallest absolute Gasteiger partial charge is 0.307 e. The van der Waals surface area contributed by atoms with Crippen LogP contribution in [0.1, 0.15) is 46.0 Å². The summed E-state index contributed by atoms with van der Waals surface area (Å²) in [4.78, 5) is 15.7. The summed E-state index contributed by atoms with van der Waals surface area (Å²) in [5, 5.41) is 4.61. The van der Waals surface area contributed by atoms with Crippen LogP contribution >= 0.6 is 11.8 Å². The number of ether oxygens (including phenoxy) is 1. The van der Waals surface area contributed by atoms with Gasteiger partial charge in [-0.2, -0.15) is 0 Å². The molecule has 0 bridgehead atoms. The Labute approximate surface area is 119 Å². The van der Waals surface area contributed by atoms with E-state index in [1.807, 2.05) is 6.92 Å². The van der Waals surface area contributed by atoms with Gasteiger partial charge in [-0.1, -0.05) is 18.7 Å². The second-order valence-electron chi connectivity index (χ2n) is 5.62. The van der Waals surface area contributed by atoms with Crippen molar-refractivity contribution in [2.24, 2.45) is 10.9 Å². The quantitative estimate of drug-likeness (QED) is 0.806. The van der Waals surface area contributed by atoms with Crippen molar-refractivity contribution in [3.05, 3.63) is 0 Å². The average Bonchev–Trinajstić information content (AvgIpc) is 2.77. The summed E-state index contributed by atoms with van der Waals surface area (Å²) in [6.45, 7) is 5.14. The Morgan fingerprint density at radius 2 is 2.26 bits per heavy atom. The third kappa shape index (κ3) is 4.13. The van der Waals surface area contributed by atoms with Crippen LogP contribution < -0.4 is 5.32 Å². The molecule has 0 unspecified atom stereocenters. The number of carbonyl (C=O) groups is 1. The molecule has 0 amide bonds. The number of hydrogen-bond acceptors (Lipinski definition) is 4. The number of carbonyl (C=O) groups excluding carboxylic acids is 1. The molecule has 1 aliphatic carbocycles. The van der Waals surface area contributed by atoms with Crippen molar-refractivity contribution >= 4 is 22.9 Å². The maximum atomic E-state index is 11.2. The number of nitrogens with zero attached hydrogens (tertiary/aromatic N) is 1. The molecule has 1 N–H and O–H groups in total. The zero-order valence-corrected chi connectivity index (χ0v) is 12.7. The van der Waals surface area contributed by atoms with Gasteiger partial charge >= 0.3 is 5.97 Å². The Morgan fingerprint density at radius 3 is 2.95 bits per heavy atom. The number of nitrogens with one attached hydrogen (secondary N) is 1. The average molecular weight is 284 g/mol. The van der Waals surface area contributed by atoms with E-state index in [1.54, 1.807) is 11.8 Å².